The Morgan fingerprint density at radius 2 is 1.88 bits per heavy atom. The van der Waals surface area contributed by atoms with Crippen LogP contribution in [0, 0.1) is 0 Å². The van der Waals surface area contributed by atoms with Crippen LogP contribution < -0.4 is 9.64 Å². The fourth-order valence-corrected chi connectivity index (χ4v) is 4.19. The number of carbonyl (C=O) groups is 1. The highest BCUT2D eigenvalue weighted by atomic mass is 32.2. The van der Waals surface area contributed by atoms with Gasteiger partial charge in [0.05, 0.1) is 30.3 Å². The van der Waals surface area contributed by atoms with Gasteiger partial charge in [0.25, 0.3) is 0 Å². The summed E-state index contributed by atoms with van der Waals surface area (Å²) in [6, 6.07) is 4.58. The fraction of sp³-hybridized carbons (Fsp3) is 0.588. The quantitative estimate of drug-likeness (QED) is 0.665. The Hall–Kier alpha value is -1.68. The Bertz CT molecular complexity index is 729. The Morgan fingerprint density at radius 3 is 2.42 bits per heavy atom. The molecule has 26 heavy (non-hydrogen) atoms. The van der Waals surface area contributed by atoms with Gasteiger partial charge in [0.15, 0.2) is 0 Å². The van der Waals surface area contributed by atoms with E-state index in [4.69, 9.17) is 14.2 Å². The van der Waals surface area contributed by atoms with Crippen LogP contribution in [-0.2, 0) is 24.3 Å². The molecule has 1 amide bonds. The number of hydrogen-bond donors (Lipinski definition) is 0. The maximum Gasteiger partial charge on any atom is 0.243 e. The lowest BCUT2D eigenvalue weighted by Gasteiger charge is -2.33. The normalized spacial score (nSPS) is 17.1. The first-order chi connectivity index (χ1) is 12.3. The summed E-state index contributed by atoms with van der Waals surface area (Å²) in [5, 5.41) is 0. The second kappa shape index (κ2) is 8.81. The first kappa shape index (κ1) is 20.6. The molecule has 0 radical (unpaired) electrons. The van der Waals surface area contributed by atoms with Gasteiger partial charge in [-0.25, -0.2) is 8.42 Å². The molecule has 8 nitrogen and oxygen atoms in total. The van der Waals surface area contributed by atoms with Crippen molar-refractivity contribution in [1.29, 1.82) is 0 Å². The van der Waals surface area contributed by atoms with Crippen molar-refractivity contribution in [3.8, 4) is 5.75 Å². The monoisotopic (exact) mass is 386 g/mol. The first-order valence-corrected chi connectivity index (χ1v) is 9.82. The minimum Gasteiger partial charge on any atom is -0.487 e. The summed E-state index contributed by atoms with van der Waals surface area (Å²) >= 11 is 0. The van der Waals surface area contributed by atoms with E-state index in [-0.39, 0.29) is 43.2 Å². The van der Waals surface area contributed by atoms with Crippen molar-refractivity contribution in [2.45, 2.75) is 24.8 Å². The molecule has 0 N–H and O–H groups in total. The van der Waals surface area contributed by atoms with Crippen molar-refractivity contribution < 1.29 is 27.4 Å². The molecule has 2 rings (SSSR count). The molecular formula is C17H26N2O6S. The summed E-state index contributed by atoms with van der Waals surface area (Å²) in [5.74, 6) is 0.338. The van der Waals surface area contributed by atoms with E-state index in [1.165, 1.54) is 42.5 Å². The lowest BCUT2D eigenvalue weighted by molar-refractivity contribution is -0.117. The van der Waals surface area contributed by atoms with Gasteiger partial charge in [-0.3, -0.25) is 4.79 Å². The molecule has 0 aromatic heterocycles. The van der Waals surface area contributed by atoms with Gasteiger partial charge >= 0.3 is 0 Å². The molecule has 1 heterocycles. The molecule has 9 heteroatoms. The Balaban J connectivity index is 2.40. The largest absolute Gasteiger partial charge is 0.487 e. The van der Waals surface area contributed by atoms with Crippen LogP contribution in [0.2, 0.25) is 0 Å². The van der Waals surface area contributed by atoms with E-state index in [9.17, 15) is 13.2 Å². The summed E-state index contributed by atoms with van der Waals surface area (Å²) in [4.78, 5) is 13.6. The lowest BCUT2D eigenvalue weighted by Crippen LogP contribution is -2.41. The van der Waals surface area contributed by atoms with Gasteiger partial charge in [-0.15, -0.1) is 0 Å². The molecule has 0 fully saturated rings. The minimum absolute atomic E-state index is 0.104. The van der Waals surface area contributed by atoms with Crippen LogP contribution in [0.5, 0.6) is 5.75 Å². The van der Waals surface area contributed by atoms with Crippen molar-refractivity contribution in [1.82, 2.24) is 4.31 Å². The van der Waals surface area contributed by atoms with Gasteiger partial charge in [0, 0.05) is 34.2 Å². The zero-order chi connectivity index (χ0) is 19.3. The third-order valence-electron chi connectivity index (χ3n) is 4.10. The van der Waals surface area contributed by atoms with E-state index in [0.29, 0.717) is 18.0 Å². The van der Waals surface area contributed by atoms with Gasteiger partial charge in [-0.05, 0) is 25.1 Å². The van der Waals surface area contributed by atoms with Gasteiger partial charge in [0.1, 0.15) is 11.9 Å². The van der Waals surface area contributed by atoms with Gasteiger partial charge < -0.3 is 19.1 Å². The Morgan fingerprint density at radius 1 is 1.27 bits per heavy atom. The first-order valence-electron chi connectivity index (χ1n) is 8.38. The number of anilines is 1. The molecule has 0 spiro atoms. The Kier molecular flexibility index (Phi) is 6.99. The van der Waals surface area contributed by atoms with Crippen LogP contribution in [0.25, 0.3) is 0 Å². The average molecular weight is 386 g/mol. The number of methoxy groups -OCH3 is 2. The molecule has 0 bridgehead atoms. The summed E-state index contributed by atoms with van der Waals surface area (Å²) in [6.45, 7) is 4.66. The van der Waals surface area contributed by atoms with Crippen LogP contribution in [0.4, 0.5) is 5.69 Å². The van der Waals surface area contributed by atoms with Crippen LogP contribution >= 0.6 is 0 Å². The standard InChI is InChI=1S/C17H26N2O6S/c1-13-12-19(14(2)20)16-11-15(5-6-17(16)25-13)26(21,22)18(7-9-23-3)8-10-24-4/h5-6,11,13H,7-10,12H2,1-4H3. The molecule has 1 aromatic rings. The topological polar surface area (TPSA) is 85.4 Å². The van der Waals surface area contributed by atoms with Crippen molar-refractivity contribution in [3.05, 3.63) is 18.2 Å². The SMILES string of the molecule is COCCN(CCOC)S(=O)(=O)c1ccc2c(c1)N(C(C)=O)CC(C)O2. The third kappa shape index (κ3) is 4.53. The van der Waals surface area contributed by atoms with E-state index >= 15 is 0 Å². The van der Waals surface area contributed by atoms with E-state index in [1.807, 2.05) is 6.92 Å². The van der Waals surface area contributed by atoms with Gasteiger partial charge in [-0.1, -0.05) is 0 Å². The molecule has 0 aliphatic carbocycles. The van der Waals surface area contributed by atoms with E-state index in [2.05, 4.69) is 0 Å². The number of amides is 1. The number of rotatable bonds is 8. The van der Waals surface area contributed by atoms with Crippen LogP contribution in [0.3, 0.4) is 0 Å². The number of sulfonamides is 1. The summed E-state index contributed by atoms with van der Waals surface area (Å²) in [5.41, 5.74) is 0.468. The maximum atomic E-state index is 13.0. The highest BCUT2D eigenvalue weighted by Gasteiger charge is 2.30. The van der Waals surface area contributed by atoms with Crippen molar-refractivity contribution in [3.63, 3.8) is 0 Å². The van der Waals surface area contributed by atoms with E-state index < -0.39 is 10.0 Å². The van der Waals surface area contributed by atoms with Gasteiger partial charge in [-0.2, -0.15) is 4.31 Å². The van der Waals surface area contributed by atoms with Gasteiger partial charge in [0.2, 0.25) is 15.9 Å². The molecule has 1 unspecified atom stereocenters. The van der Waals surface area contributed by atoms with Crippen molar-refractivity contribution in [2.24, 2.45) is 0 Å². The molecule has 1 aliphatic rings. The zero-order valence-electron chi connectivity index (χ0n) is 15.6. The molecule has 1 aromatic carbocycles. The number of hydrogen-bond acceptors (Lipinski definition) is 6. The Labute approximate surface area is 154 Å². The zero-order valence-corrected chi connectivity index (χ0v) is 16.4. The predicted molar refractivity (Wildman–Crippen MR) is 97.1 cm³/mol. The minimum atomic E-state index is -3.76. The lowest BCUT2D eigenvalue weighted by atomic mass is 10.2. The summed E-state index contributed by atoms with van der Waals surface area (Å²) in [7, 11) is -0.728. The molecule has 0 saturated carbocycles. The molecule has 0 saturated heterocycles. The van der Waals surface area contributed by atoms with E-state index in [0.717, 1.165) is 0 Å². The molecular weight excluding hydrogens is 360 g/mol. The highest BCUT2D eigenvalue weighted by molar-refractivity contribution is 7.89. The number of carbonyl (C=O) groups excluding carboxylic acids is 1. The van der Waals surface area contributed by atoms with Crippen LogP contribution in [-0.4, -0.2) is 71.8 Å². The number of fused-ring (bicyclic) bond motifs is 1. The van der Waals surface area contributed by atoms with Crippen molar-refractivity contribution >= 4 is 21.6 Å². The second-order valence-corrected chi connectivity index (χ2v) is 8.02. The summed E-state index contributed by atoms with van der Waals surface area (Å²) < 4.78 is 43.2. The number of nitrogens with zero attached hydrogens (tertiary/aromatic N) is 2. The molecule has 1 atom stereocenters. The molecule has 1 aliphatic heterocycles. The summed E-state index contributed by atoms with van der Waals surface area (Å²) in [6.07, 6.45) is -0.159. The predicted octanol–water partition coefficient (Wildman–Crippen LogP) is 1.10. The highest BCUT2D eigenvalue weighted by Crippen LogP contribution is 2.36. The van der Waals surface area contributed by atoms with Crippen molar-refractivity contribution in [2.75, 3.05) is 52.0 Å². The maximum absolute atomic E-state index is 13.0. The number of ether oxygens (including phenoxy) is 3. The average Bonchev–Trinajstić information content (AvgIpc) is 2.60. The van der Waals surface area contributed by atoms with Crippen LogP contribution in [0.15, 0.2) is 23.1 Å². The second-order valence-electron chi connectivity index (χ2n) is 6.08. The number of benzene rings is 1. The third-order valence-corrected chi connectivity index (χ3v) is 5.99. The fourth-order valence-electron chi connectivity index (χ4n) is 2.76. The van der Waals surface area contributed by atoms with E-state index in [1.54, 1.807) is 6.07 Å². The van der Waals surface area contributed by atoms with Crippen LogP contribution in [0.1, 0.15) is 13.8 Å². The smallest absolute Gasteiger partial charge is 0.243 e. The molecule has 146 valence electrons.